The van der Waals surface area contributed by atoms with Crippen LogP contribution in [0.5, 0.6) is 0 Å². The third kappa shape index (κ3) is 3.27. The van der Waals surface area contributed by atoms with Crippen molar-refractivity contribution in [1.82, 2.24) is 5.32 Å². The molecule has 0 bridgehead atoms. The van der Waals surface area contributed by atoms with Crippen molar-refractivity contribution < 1.29 is 14.3 Å². The molecule has 4 heteroatoms. The Morgan fingerprint density at radius 2 is 2.06 bits per heavy atom. The number of hydrogen-bond donors (Lipinski definition) is 2. The van der Waals surface area contributed by atoms with E-state index in [1.54, 1.807) is 19.2 Å². The van der Waals surface area contributed by atoms with Crippen LogP contribution in [-0.2, 0) is 4.79 Å². The summed E-state index contributed by atoms with van der Waals surface area (Å²) in [4.78, 5) is 11.3. The Bertz CT molecular complexity index is 393. The van der Waals surface area contributed by atoms with Gasteiger partial charge in [-0.2, -0.15) is 0 Å². The summed E-state index contributed by atoms with van der Waals surface area (Å²) < 4.78 is 13.2. The van der Waals surface area contributed by atoms with Gasteiger partial charge in [-0.25, -0.2) is 4.39 Å². The topological polar surface area (TPSA) is 49.3 Å². The van der Waals surface area contributed by atoms with E-state index in [0.29, 0.717) is 5.56 Å². The Labute approximate surface area is 101 Å². The van der Waals surface area contributed by atoms with Gasteiger partial charge < -0.3 is 10.4 Å². The van der Waals surface area contributed by atoms with Crippen LogP contribution in [0.1, 0.15) is 25.5 Å². The van der Waals surface area contributed by atoms with E-state index in [9.17, 15) is 14.3 Å². The first-order valence-corrected chi connectivity index (χ1v) is 5.63. The zero-order valence-electron chi connectivity index (χ0n) is 10.3. The van der Waals surface area contributed by atoms with E-state index in [2.05, 4.69) is 5.32 Å². The van der Waals surface area contributed by atoms with E-state index >= 15 is 0 Å². The van der Waals surface area contributed by atoms with E-state index in [-0.39, 0.29) is 17.8 Å². The molecule has 0 aliphatic carbocycles. The van der Waals surface area contributed by atoms with E-state index in [1.807, 2.05) is 13.8 Å². The van der Waals surface area contributed by atoms with Crippen LogP contribution >= 0.6 is 0 Å². The SMILES string of the molecule is CNC(c1cccc(F)c1)C(C(=O)O)C(C)C. The number of carbonyl (C=O) groups is 1. The van der Waals surface area contributed by atoms with Crippen LogP contribution in [-0.4, -0.2) is 18.1 Å². The lowest BCUT2D eigenvalue weighted by molar-refractivity contribution is -0.144. The van der Waals surface area contributed by atoms with Crippen LogP contribution in [0.15, 0.2) is 24.3 Å². The molecule has 0 heterocycles. The lowest BCUT2D eigenvalue weighted by Gasteiger charge is -2.26. The first-order chi connectivity index (χ1) is 7.97. The van der Waals surface area contributed by atoms with Crippen molar-refractivity contribution in [1.29, 1.82) is 0 Å². The van der Waals surface area contributed by atoms with Crippen LogP contribution in [0.2, 0.25) is 0 Å². The van der Waals surface area contributed by atoms with E-state index < -0.39 is 11.9 Å². The maximum absolute atomic E-state index is 13.2. The molecule has 2 atom stereocenters. The quantitative estimate of drug-likeness (QED) is 0.829. The number of carboxylic acids is 1. The Morgan fingerprint density at radius 1 is 1.41 bits per heavy atom. The number of halogens is 1. The Hall–Kier alpha value is -1.42. The fraction of sp³-hybridized carbons (Fsp3) is 0.462. The first kappa shape index (κ1) is 13.6. The van der Waals surface area contributed by atoms with Crippen LogP contribution in [0.4, 0.5) is 4.39 Å². The number of hydrogen-bond acceptors (Lipinski definition) is 2. The van der Waals surface area contributed by atoms with E-state index in [0.717, 1.165) is 0 Å². The first-order valence-electron chi connectivity index (χ1n) is 5.63. The highest BCUT2D eigenvalue weighted by Crippen LogP contribution is 2.28. The maximum Gasteiger partial charge on any atom is 0.308 e. The van der Waals surface area contributed by atoms with Gasteiger partial charge >= 0.3 is 5.97 Å². The summed E-state index contributed by atoms with van der Waals surface area (Å²) in [6, 6.07) is 5.67. The lowest BCUT2D eigenvalue weighted by atomic mass is 9.84. The molecule has 2 N–H and O–H groups in total. The van der Waals surface area contributed by atoms with Gasteiger partial charge in [-0.3, -0.25) is 4.79 Å². The Morgan fingerprint density at radius 3 is 2.47 bits per heavy atom. The van der Waals surface area contributed by atoms with Crippen LogP contribution in [0, 0.1) is 17.7 Å². The van der Waals surface area contributed by atoms with Crippen molar-refractivity contribution in [3.8, 4) is 0 Å². The average Bonchev–Trinajstić information content (AvgIpc) is 2.24. The van der Waals surface area contributed by atoms with Crippen LogP contribution in [0.25, 0.3) is 0 Å². The van der Waals surface area contributed by atoms with E-state index in [4.69, 9.17) is 0 Å². The van der Waals surface area contributed by atoms with E-state index in [1.165, 1.54) is 12.1 Å². The highest BCUT2D eigenvalue weighted by Gasteiger charge is 2.31. The molecule has 1 aromatic carbocycles. The predicted octanol–water partition coefficient (Wildman–Crippen LogP) is 2.44. The third-order valence-corrected chi connectivity index (χ3v) is 2.88. The molecular weight excluding hydrogens is 221 g/mol. The molecule has 0 aliphatic heterocycles. The second-order valence-electron chi connectivity index (χ2n) is 4.43. The molecule has 17 heavy (non-hydrogen) atoms. The predicted molar refractivity (Wildman–Crippen MR) is 64.2 cm³/mol. The van der Waals surface area contributed by atoms with Crippen molar-refractivity contribution in [3.63, 3.8) is 0 Å². The summed E-state index contributed by atoms with van der Waals surface area (Å²) in [6.45, 7) is 3.70. The van der Waals surface area contributed by atoms with Crippen molar-refractivity contribution in [2.24, 2.45) is 11.8 Å². The second-order valence-corrected chi connectivity index (χ2v) is 4.43. The third-order valence-electron chi connectivity index (χ3n) is 2.88. The molecule has 0 radical (unpaired) electrons. The summed E-state index contributed by atoms with van der Waals surface area (Å²) in [5, 5.41) is 12.2. The zero-order valence-corrected chi connectivity index (χ0v) is 10.3. The summed E-state index contributed by atoms with van der Waals surface area (Å²) in [5.41, 5.74) is 0.661. The van der Waals surface area contributed by atoms with Gasteiger partial charge in [0.25, 0.3) is 0 Å². The number of aliphatic carboxylic acids is 1. The molecule has 3 nitrogen and oxygen atoms in total. The summed E-state index contributed by atoms with van der Waals surface area (Å²) in [6.07, 6.45) is 0. The zero-order chi connectivity index (χ0) is 13.0. The van der Waals surface area contributed by atoms with Gasteiger partial charge in [-0.15, -0.1) is 0 Å². The van der Waals surface area contributed by atoms with Crippen LogP contribution < -0.4 is 5.32 Å². The van der Waals surface area contributed by atoms with Gasteiger partial charge in [0, 0.05) is 6.04 Å². The summed E-state index contributed by atoms with van der Waals surface area (Å²) in [5.74, 6) is -1.84. The molecule has 0 fully saturated rings. The second kappa shape index (κ2) is 5.77. The van der Waals surface area contributed by atoms with Crippen LogP contribution in [0.3, 0.4) is 0 Å². The molecule has 0 saturated carbocycles. The lowest BCUT2D eigenvalue weighted by Crippen LogP contribution is -2.34. The van der Waals surface area contributed by atoms with Crippen molar-refractivity contribution in [2.75, 3.05) is 7.05 Å². The minimum Gasteiger partial charge on any atom is -0.481 e. The van der Waals surface area contributed by atoms with Gasteiger partial charge in [0.2, 0.25) is 0 Å². The highest BCUT2D eigenvalue weighted by molar-refractivity contribution is 5.71. The molecule has 0 aromatic heterocycles. The van der Waals surface area contributed by atoms with Gasteiger partial charge in [-0.05, 0) is 30.7 Å². The largest absolute Gasteiger partial charge is 0.481 e. The van der Waals surface area contributed by atoms with Gasteiger partial charge in [0.15, 0.2) is 0 Å². The maximum atomic E-state index is 13.2. The average molecular weight is 239 g/mol. The molecule has 0 spiro atoms. The molecule has 0 aliphatic rings. The fourth-order valence-electron chi connectivity index (χ4n) is 2.07. The van der Waals surface area contributed by atoms with Gasteiger partial charge in [-0.1, -0.05) is 26.0 Å². The smallest absolute Gasteiger partial charge is 0.308 e. The molecule has 94 valence electrons. The van der Waals surface area contributed by atoms with Crippen molar-refractivity contribution in [3.05, 3.63) is 35.6 Å². The monoisotopic (exact) mass is 239 g/mol. The normalized spacial score (nSPS) is 14.6. The van der Waals surface area contributed by atoms with Crippen molar-refractivity contribution >= 4 is 5.97 Å². The molecule has 2 unspecified atom stereocenters. The van der Waals surface area contributed by atoms with Gasteiger partial charge in [0.1, 0.15) is 5.82 Å². The number of benzene rings is 1. The molecule has 0 amide bonds. The number of rotatable bonds is 5. The Balaban J connectivity index is 3.08. The minimum absolute atomic E-state index is 0.0341. The molecular formula is C13H18FNO2. The fourth-order valence-corrected chi connectivity index (χ4v) is 2.07. The summed E-state index contributed by atoms with van der Waals surface area (Å²) >= 11 is 0. The Kier molecular flexibility index (Phi) is 4.63. The van der Waals surface area contributed by atoms with Gasteiger partial charge in [0.05, 0.1) is 5.92 Å². The molecule has 1 aromatic rings. The minimum atomic E-state index is -0.872. The van der Waals surface area contributed by atoms with Crippen molar-refractivity contribution in [2.45, 2.75) is 19.9 Å². The highest BCUT2D eigenvalue weighted by atomic mass is 19.1. The summed E-state index contributed by atoms with van der Waals surface area (Å²) in [7, 11) is 1.69. The molecule has 0 saturated heterocycles. The molecule has 1 rings (SSSR count). The number of carboxylic acid groups (broad SMARTS) is 1. The standard InChI is InChI=1S/C13H18FNO2/c1-8(2)11(13(16)17)12(15-3)9-5-4-6-10(14)7-9/h4-8,11-12,15H,1-3H3,(H,16,17). The number of nitrogens with one attached hydrogen (secondary N) is 1.